The van der Waals surface area contributed by atoms with Gasteiger partial charge in [0.1, 0.15) is 0 Å². The predicted octanol–water partition coefficient (Wildman–Crippen LogP) is 3.65. The average molecular weight is 245 g/mol. The zero-order valence-corrected chi connectivity index (χ0v) is 11.2. The van der Waals surface area contributed by atoms with Gasteiger partial charge in [0.25, 0.3) is 0 Å². The number of carbonyl (C=O) groups excluding carboxylic acids is 1. The molecule has 1 aliphatic rings. The van der Waals surface area contributed by atoms with Crippen LogP contribution < -0.4 is 5.73 Å². The standard InChI is InChI=1S/C16H23NO/c1-2-3-7-15(17)16(18)14-10-8-13(9-11-14)12-5-4-6-12/h8-12,15H,2-7,17H2,1H3. The van der Waals surface area contributed by atoms with Gasteiger partial charge < -0.3 is 5.73 Å². The highest BCUT2D eigenvalue weighted by molar-refractivity contribution is 5.99. The fraction of sp³-hybridized carbons (Fsp3) is 0.562. The van der Waals surface area contributed by atoms with Gasteiger partial charge in [0.15, 0.2) is 5.78 Å². The molecule has 0 amide bonds. The van der Waals surface area contributed by atoms with E-state index in [1.807, 2.05) is 12.1 Å². The molecule has 0 spiro atoms. The molecular formula is C16H23NO. The number of Topliss-reactive ketones (excluding diaryl/α,β-unsaturated/α-hetero) is 1. The summed E-state index contributed by atoms with van der Waals surface area (Å²) in [5, 5.41) is 0. The Morgan fingerprint density at radius 1 is 1.33 bits per heavy atom. The Labute approximate surface area is 110 Å². The van der Waals surface area contributed by atoms with Gasteiger partial charge in [0.05, 0.1) is 6.04 Å². The third kappa shape index (κ3) is 2.99. The van der Waals surface area contributed by atoms with E-state index in [4.69, 9.17) is 5.73 Å². The molecular weight excluding hydrogens is 222 g/mol. The lowest BCUT2D eigenvalue weighted by Gasteiger charge is -2.25. The van der Waals surface area contributed by atoms with Gasteiger partial charge in [-0.3, -0.25) is 4.79 Å². The van der Waals surface area contributed by atoms with Crippen molar-refractivity contribution < 1.29 is 4.79 Å². The first-order chi connectivity index (χ1) is 8.72. The monoisotopic (exact) mass is 245 g/mol. The van der Waals surface area contributed by atoms with Crippen LogP contribution in [0.5, 0.6) is 0 Å². The maximum atomic E-state index is 12.1. The van der Waals surface area contributed by atoms with Gasteiger partial charge in [-0.05, 0) is 30.7 Å². The highest BCUT2D eigenvalue weighted by Crippen LogP contribution is 2.36. The van der Waals surface area contributed by atoms with E-state index in [1.54, 1.807) is 0 Å². The Morgan fingerprint density at radius 2 is 2.00 bits per heavy atom. The molecule has 1 aliphatic carbocycles. The van der Waals surface area contributed by atoms with E-state index >= 15 is 0 Å². The van der Waals surface area contributed by atoms with E-state index in [2.05, 4.69) is 19.1 Å². The molecule has 1 aromatic rings. The van der Waals surface area contributed by atoms with Gasteiger partial charge in [-0.1, -0.05) is 50.5 Å². The van der Waals surface area contributed by atoms with Crippen molar-refractivity contribution in [2.75, 3.05) is 0 Å². The molecule has 0 heterocycles. The minimum Gasteiger partial charge on any atom is -0.321 e. The van der Waals surface area contributed by atoms with Crippen molar-refractivity contribution in [1.29, 1.82) is 0 Å². The summed E-state index contributed by atoms with van der Waals surface area (Å²) in [6.07, 6.45) is 6.83. The highest BCUT2D eigenvalue weighted by Gasteiger charge is 2.20. The number of hydrogen-bond donors (Lipinski definition) is 1. The molecule has 0 aromatic heterocycles. The summed E-state index contributed by atoms with van der Waals surface area (Å²) in [4.78, 5) is 12.1. The second kappa shape index (κ2) is 6.14. The lowest BCUT2D eigenvalue weighted by Crippen LogP contribution is -2.30. The van der Waals surface area contributed by atoms with Crippen LogP contribution in [-0.2, 0) is 0 Å². The SMILES string of the molecule is CCCCC(N)C(=O)c1ccc(C2CCC2)cc1. The zero-order valence-electron chi connectivity index (χ0n) is 11.2. The lowest BCUT2D eigenvalue weighted by molar-refractivity contribution is 0.0956. The third-order valence-corrected chi connectivity index (χ3v) is 3.98. The molecule has 0 aliphatic heterocycles. The normalized spacial score (nSPS) is 17.2. The van der Waals surface area contributed by atoms with Crippen molar-refractivity contribution in [3.63, 3.8) is 0 Å². The Hall–Kier alpha value is -1.15. The van der Waals surface area contributed by atoms with E-state index in [-0.39, 0.29) is 11.8 Å². The van der Waals surface area contributed by atoms with Crippen LogP contribution in [0.4, 0.5) is 0 Å². The first kappa shape index (κ1) is 13.3. The summed E-state index contributed by atoms with van der Waals surface area (Å²) < 4.78 is 0. The van der Waals surface area contributed by atoms with Gasteiger partial charge in [-0.2, -0.15) is 0 Å². The molecule has 2 N–H and O–H groups in total. The molecule has 0 radical (unpaired) electrons. The van der Waals surface area contributed by atoms with Crippen molar-refractivity contribution in [3.05, 3.63) is 35.4 Å². The van der Waals surface area contributed by atoms with E-state index in [0.717, 1.165) is 30.7 Å². The molecule has 1 atom stereocenters. The number of unbranched alkanes of at least 4 members (excludes halogenated alkanes) is 1. The van der Waals surface area contributed by atoms with Crippen molar-refractivity contribution in [2.45, 2.75) is 57.4 Å². The van der Waals surface area contributed by atoms with Gasteiger partial charge in [0.2, 0.25) is 0 Å². The van der Waals surface area contributed by atoms with Gasteiger partial charge in [0, 0.05) is 5.56 Å². The fourth-order valence-corrected chi connectivity index (χ4v) is 2.43. The largest absolute Gasteiger partial charge is 0.321 e. The Kier molecular flexibility index (Phi) is 4.54. The van der Waals surface area contributed by atoms with E-state index in [0.29, 0.717) is 0 Å². The van der Waals surface area contributed by atoms with Crippen LogP contribution >= 0.6 is 0 Å². The summed E-state index contributed by atoms with van der Waals surface area (Å²) in [6.45, 7) is 2.12. The maximum absolute atomic E-state index is 12.1. The van der Waals surface area contributed by atoms with Gasteiger partial charge in [-0.25, -0.2) is 0 Å². The molecule has 2 heteroatoms. The lowest BCUT2D eigenvalue weighted by atomic mass is 9.80. The van der Waals surface area contributed by atoms with Crippen molar-refractivity contribution >= 4 is 5.78 Å². The topological polar surface area (TPSA) is 43.1 Å². The average Bonchev–Trinajstić information content (AvgIpc) is 2.34. The predicted molar refractivity (Wildman–Crippen MR) is 74.9 cm³/mol. The number of carbonyl (C=O) groups is 1. The van der Waals surface area contributed by atoms with Crippen LogP contribution in [0.25, 0.3) is 0 Å². The second-order valence-corrected chi connectivity index (χ2v) is 5.36. The molecule has 0 saturated heterocycles. The Bertz CT molecular complexity index is 392. The minimum absolute atomic E-state index is 0.0867. The smallest absolute Gasteiger partial charge is 0.179 e. The summed E-state index contributed by atoms with van der Waals surface area (Å²) in [7, 11) is 0. The molecule has 1 aromatic carbocycles. The van der Waals surface area contributed by atoms with Crippen LogP contribution in [0.2, 0.25) is 0 Å². The fourth-order valence-electron chi connectivity index (χ4n) is 2.43. The molecule has 18 heavy (non-hydrogen) atoms. The van der Waals surface area contributed by atoms with Crippen LogP contribution in [0.15, 0.2) is 24.3 Å². The molecule has 1 saturated carbocycles. The van der Waals surface area contributed by atoms with Crippen LogP contribution in [0.1, 0.15) is 67.3 Å². The van der Waals surface area contributed by atoms with E-state index in [1.165, 1.54) is 24.8 Å². The zero-order chi connectivity index (χ0) is 13.0. The highest BCUT2D eigenvalue weighted by atomic mass is 16.1. The molecule has 1 unspecified atom stereocenters. The summed E-state index contributed by atoms with van der Waals surface area (Å²) in [5.74, 6) is 0.812. The van der Waals surface area contributed by atoms with Crippen LogP contribution in [0, 0.1) is 0 Å². The number of nitrogens with two attached hydrogens (primary N) is 1. The first-order valence-corrected chi connectivity index (χ1v) is 7.12. The number of benzene rings is 1. The van der Waals surface area contributed by atoms with Crippen LogP contribution in [0.3, 0.4) is 0 Å². The quantitative estimate of drug-likeness (QED) is 0.777. The minimum atomic E-state index is -0.334. The molecule has 2 nitrogen and oxygen atoms in total. The molecule has 1 fully saturated rings. The number of hydrogen-bond acceptors (Lipinski definition) is 2. The first-order valence-electron chi connectivity index (χ1n) is 7.12. The van der Waals surface area contributed by atoms with Gasteiger partial charge in [-0.15, -0.1) is 0 Å². The van der Waals surface area contributed by atoms with Crippen molar-refractivity contribution in [2.24, 2.45) is 5.73 Å². The third-order valence-electron chi connectivity index (χ3n) is 3.98. The summed E-state index contributed by atoms with van der Waals surface area (Å²) in [5.41, 5.74) is 8.06. The van der Waals surface area contributed by atoms with Crippen molar-refractivity contribution in [1.82, 2.24) is 0 Å². The van der Waals surface area contributed by atoms with Crippen molar-refractivity contribution in [3.8, 4) is 0 Å². The summed E-state index contributed by atoms with van der Waals surface area (Å²) in [6, 6.07) is 7.76. The van der Waals surface area contributed by atoms with Crippen LogP contribution in [-0.4, -0.2) is 11.8 Å². The number of ketones is 1. The molecule has 0 bridgehead atoms. The van der Waals surface area contributed by atoms with E-state index in [9.17, 15) is 4.79 Å². The molecule has 98 valence electrons. The van der Waals surface area contributed by atoms with E-state index < -0.39 is 0 Å². The van der Waals surface area contributed by atoms with Gasteiger partial charge >= 0.3 is 0 Å². The summed E-state index contributed by atoms with van der Waals surface area (Å²) >= 11 is 0. The second-order valence-electron chi connectivity index (χ2n) is 5.36. The maximum Gasteiger partial charge on any atom is 0.179 e. The Balaban J connectivity index is 1.97. The Morgan fingerprint density at radius 3 is 2.50 bits per heavy atom. The molecule has 2 rings (SSSR count). The number of rotatable bonds is 6.